The molecule has 152 valence electrons. The molecular formula is C19H24ClN3O5. The molecule has 1 aromatic rings. The van der Waals surface area contributed by atoms with E-state index >= 15 is 0 Å². The summed E-state index contributed by atoms with van der Waals surface area (Å²) in [5.74, 6) is -0.418. The van der Waals surface area contributed by atoms with Gasteiger partial charge in [0.2, 0.25) is 11.8 Å². The monoisotopic (exact) mass is 409 g/mol. The highest BCUT2D eigenvalue weighted by Crippen LogP contribution is 2.23. The predicted octanol–water partition coefficient (Wildman–Crippen LogP) is 0.834. The number of benzene rings is 1. The highest BCUT2D eigenvalue weighted by Gasteiger charge is 2.29. The van der Waals surface area contributed by atoms with E-state index in [0.717, 1.165) is 0 Å². The Morgan fingerprint density at radius 1 is 1.18 bits per heavy atom. The summed E-state index contributed by atoms with van der Waals surface area (Å²) in [5, 5.41) is 6.00. The lowest BCUT2D eigenvalue weighted by molar-refractivity contribution is -0.139. The Labute approximate surface area is 168 Å². The van der Waals surface area contributed by atoms with Crippen LogP contribution in [0.5, 0.6) is 5.75 Å². The van der Waals surface area contributed by atoms with Crippen LogP contribution in [0.3, 0.4) is 0 Å². The highest BCUT2D eigenvalue weighted by atomic mass is 35.5. The number of halogens is 1. The Hall–Kier alpha value is -2.32. The average Bonchev–Trinajstić information content (AvgIpc) is 3.22. The van der Waals surface area contributed by atoms with Gasteiger partial charge < -0.3 is 25.0 Å². The van der Waals surface area contributed by atoms with E-state index in [1.54, 1.807) is 18.2 Å². The smallest absolute Gasteiger partial charge is 0.255 e. The lowest BCUT2D eigenvalue weighted by Gasteiger charge is -2.25. The number of ether oxygens (including phenoxy) is 2. The molecule has 3 amide bonds. The number of nitrogens with zero attached hydrogens (tertiary/aromatic N) is 1. The van der Waals surface area contributed by atoms with E-state index in [9.17, 15) is 14.4 Å². The van der Waals surface area contributed by atoms with Crippen molar-refractivity contribution in [2.24, 2.45) is 5.92 Å². The number of fused-ring (bicyclic) bond motifs is 1. The summed E-state index contributed by atoms with van der Waals surface area (Å²) in [6.45, 7) is 2.12. The van der Waals surface area contributed by atoms with Gasteiger partial charge in [-0.05, 0) is 31.0 Å². The topological polar surface area (TPSA) is 97.0 Å². The molecular weight excluding hydrogens is 386 g/mol. The maximum atomic E-state index is 12.7. The van der Waals surface area contributed by atoms with Gasteiger partial charge in [0.25, 0.3) is 5.91 Å². The Morgan fingerprint density at radius 2 is 2.04 bits per heavy atom. The molecule has 2 N–H and O–H groups in total. The van der Waals surface area contributed by atoms with Crippen molar-refractivity contribution in [1.29, 1.82) is 0 Å². The van der Waals surface area contributed by atoms with Crippen molar-refractivity contribution in [3.05, 3.63) is 28.8 Å². The minimum absolute atomic E-state index is 0.0184. The fraction of sp³-hybridized carbons (Fsp3) is 0.526. The zero-order valence-electron chi connectivity index (χ0n) is 15.5. The van der Waals surface area contributed by atoms with Crippen LogP contribution >= 0.6 is 11.6 Å². The number of amides is 3. The van der Waals surface area contributed by atoms with Crippen LogP contribution in [0.1, 0.15) is 23.2 Å². The van der Waals surface area contributed by atoms with Gasteiger partial charge in [-0.3, -0.25) is 14.4 Å². The number of rotatable bonds is 1. The van der Waals surface area contributed by atoms with E-state index in [-0.39, 0.29) is 43.3 Å². The van der Waals surface area contributed by atoms with E-state index in [1.165, 1.54) is 4.90 Å². The first-order chi connectivity index (χ1) is 13.5. The van der Waals surface area contributed by atoms with E-state index in [1.807, 2.05) is 0 Å². The molecule has 2 aliphatic heterocycles. The molecule has 2 heterocycles. The third-order valence-corrected chi connectivity index (χ3v) is 4.92. The first kappa shape index (κ1) is 20.4. The molecule has 28 heavy (non-hydrogen) atoms. The van der Waals surface area contributed by atoms with Crippen molar-refractivity contribution in [2.75, 3.05) is 46.0 Å². The maximum absolute atomic E-state index is 12.7. The second kappa shape index (κ2) is 9.75. The first-order valence-corrected chi connectivity index (χ1v) is 9.76. The fourth-order valence-corrected chi connectivity index (χ4v) is 3.38. The quantitative estimate of drug-likeness (QED) is 0.716. The van der Waals surface area contributed by atoms with Crippen molar-refractivity contribution >= 4 is 29.3 Å². The van der Waals surface area contributed by atoms with Gasteiger partial charge in [-0.1, -0.05) is 11.6 Å². The highest BCUT2D eigenvalue weighted by molar-refractivity contribution is 6.31. The molecule has 8 nitrogen and oxygen atoms in total. The molecule has 1 fully saturated rings. The van der Waals surface area contributed by atoms with Crippen LogP contribution in [0, 0.1) is 5.92 Å². The Bertz CT molecular complexity index is 736. The fourth-order valence-electron chi connectivity index (χ4n) is 3.21. The van der Waals surface area contributed by atoms with Crippen LogP contribution in [0.2, 0.25) is 5.02 Å². The molecule has 1 saturated heterocycles. The number of nitrogens with one attached hydrogen (secondary N) is 2. The van der Waals surface area contributed by atoms with Crippen LogP contribution in [0.25, 0.3) is 0 Å². The third-order valence-electron chi connectivity index (χ3n) is 4.68. The molecule has 1 unspecified atom stereocenters. The van der Waals surface area contributed by atoms with Crippen LogP contribution < -0.4 is 15.4 Å². The molecule has 2 aliphatic rings. The number of carbonyl (C=O) groups is 3. The van der Waals surface area contributed by atoms with E-state index in [4.69, 9.17) is 21.1 Å². The van der Waals surface area contributed by atoms with Crippen LogP contribution in [-0.2, 0) is 14.3 Å². The predicted molar refractivity (Wildman–Crippen MR) is 102 cm³/mol. The summed E-state index contributed by atoms with van der Waals surface area (Å²) in [5.41, 5.74) is 0.340. The van der Waals surface area contributed by atoms with E-state index in [0.29, 0.717) is 55.5 Å². The summed E-state index contributed by atoms with van der Waals surface area (Å²) in [6.07, 6.45) is 1.19. The molecule has 0 aromatic heterocycles. The largest absolute Gasteiger partial charge is 0.491 e. The van der Waals surface area contributed by atoms with Gasteiger partial charge in [-0.25, -0.2) is 0 Å². The van der Waals surface area contributed by atoms with E-state index < -0.39 is 0 Å². The lowest BCUT2D eigenvalue weighted by Crippen LogP contribution is -2.45. The van der Waals surface area contributed by atoms with Gasteiger partial charge in [-0.15, -0.1) is 0 Å². The summed E-state index contributed by atoms with van der Waals surface area (Å²) < 4.78 is 10.9. The molecule has 1 atom stereocenters. The maximum Gasteiger partial charge on any atom is 0.255 e. The summed E-state index contributed by atoms with van der Waals surface area (Å²) in [7, 11) is 0. The molecule has 0 spiro atoms. The second-order valence-electron chi connectivity index (χ2n) is 6.77. The van der Waals surface area contributed by atoms with Crippen LogP contribution in [0.15, 0.2) is 18.2 Å². The molecule has 9 heteroatoms. The van der Waals surface area contributed by atoms with Crippen molar-refractivity contribution in [3.8, 4) is 5.75 Å². The normalized spacial score (nSPS) is 21.8. The van der Waals surface area contributed by atoms with Gasteiger partial charge in [0.15, 0.2) is 0 Å². The van der Waals surface area contributed by atoms with Crippen molar-refractivity contribution in [1.82, 2.24) is 15.5 Å². The summed E-state index contributed by atoms with van der Waals surface area (Å²) in [6, 6.07) is 4.83. The molecule has 0 radical (unpaired) electrons. The Balaban J connectivity index is 1.69. The zero-order valence-corrected chi connectivity index (χ0v) is 16.3. The Morgan fingerprint density at radius 3 is 2.82 bits per heavy atom. The Kier molecular flexibility index (Phi) is 7.11. The van der Waals surface area contributed by atoms with Crippen molar-refractivity contribution in [3.63, 3.8) is 0 Å². The minimum atomic E-state index is -0.291. The van der Waals surface area contributed by atoms with Gasteiger partial charge in [-0.2, -0.15) is 0 Å². The second-order valence-corrected chi connectivity index (χ2v) is 7.21. The number of hydrogen-bond donors (Lipinski definition) is 2. The van der Waals surface area contributed by atoms with Gasteiger partial charge in [0, 0.05) is 24.7 Å². The number of hydrogen-bond acceptors (Lipinski definition) is 5. The van der Waals surface area contributed by atoms with Gasteiger partial charge in [0.05, 0.1) is 31.2 Å². The standard InChI is InChI=1S/C19H24ClN3O5/c20-14-2-3-16-15(10-14)18(25)22-5-1-7-23(11-17(24)21-6-9-28-16)19(26)13-4-8-27-12-13/h2-3,10,13H,1,4-9,11-12H2,(H,21,24)(H,22,25). The molecule has 0 aliphatic carbocycles. The van der Waals surface area contributed by atoms with E-state index in [2.05, 4.69) is 10.6 Å². The van der Waals surface area contributed by atoms with Crippen molar-refractivity contribution in [2.45, 2.75) is 12.8 Å². The average molecular weight is 410 g/mol. The summed E-state index contributed by atoms with van der Waals surface area (Å²) in [4.78, 5) is 39.0. The first-order valence-electron chi connectivity index (χ1n) is 9.38. The minimum Gasteiger partial charge on any atom is -0.491 e. The van der Waals surface area contributed by atoms with Crippen LogP contribution in [0.4, 0.5) is 0 Å². The SMILES string of the molecule is O=C1CN(C(=O)C2CCOC2)CCCNC(=O)c2cc(Cl)ccc2OCCN1. The molecule has 0 bridgehead atoms. The molecule has 3 rings (SSSR count). The zero-order chi connectivity index (χ0) is 19.9. The third kappa shape index (κ3) is 5.36. The lowest BCUT2D eigenvalue weighted by atomic mass is 10.1. The summed E-state index contributed by atoms with van der Waals surface area (Å²) >= 11 is 6.00. The van der Waals surface area contributed by atoms with Crippen molar-refractivity contribution < 1.29 is 23.9 Å². The van der Waals surface area contributed by atoms with Gasteiger partial charge >= 0.3 is 0 Å². The van der Waals surface area contributed by atoms with Gasteiger partial charge in [0.1, 0.15) is 12.4 Å². The number of carbonyl (C=O) groups excluding carboxylic acids is 3. The molecule has 0 saturated carbocycles. The van der Waals surface area contributed by atoms with Crippen LogP contribution in [-0.4, -0.2) is 68.6 Å². The molecule has 1 aromatic carbocycles.